The molecule has 0 fully saturated rings. The number of rotatable bonds is 8. The van der Waals surface area contributed by atoms with Crippen LogP contribution in [-0.2, 0) is 13.0 Å². The molecule has 0 aliphatic carbocycles. The van der Waals surface area contributed by atoms with Gasteiger partial charge in [-0.05, 0) is 63.5 Å². The molecule has 0 atom stereocenters. The molecule has 1 aromatic carbocycles. The molecule has 2 heterocycles. The second-order valence-electron chi connectivity index (χ2n) is 8.19. The molecule has 0 aliphatic heterocycles. The standard InChI is InChI=1S/C26H29BrN4O2/c1-6-8-9-18(7-2)11-19-10-17(5)30-26(33)22(19)14-28-25(32)21-12-20(27)13-24-23(21)15-29-31(24)16(3)4/h6-10,12-13,15-16H,2,11,14H2,1,3-5H3,(H,28,32)(H,30,33)/b8-6-,18-9+. The van der Waals surface area contributed by atoms with Gasteiger partial charge in [0, 0.05) is 33.7 Å². The minimum absolute atomic E-state index is 0.115. The first-order chi connectivity index (χ1) is 15.7. The van der Waals surface area contributed by atoms with Crippen molar-refractivity contribution in [1.82, 2.24) is 20.1 Å². The third kappa shape index (κ3) is 5.60. The number of pyridine rings is 1. The Labute approximate surface area is 202 Å². The molecule has 2 N–H and O–H groups in total. The van der Waals surface area contributed by atoms with Gasteiger partial charge in [0.15, 0.2) is 0 Å². The van der Waals surface area contributed by atoms with Crippen molar-refractivity contribution in [2.75, 3.05) is 0 Å². The molecule has 0 unspecified atom stereocenters. The molecular weight excluding hydrogens is 480 g/mol. The maximum absolute atomic E-state index is 13.2. The summed E-state index contributed by atoms with van der Waals surface area (Å²) >= 11 is 3.51. The highest BCUT2D eigenvalue weighted by Gasteiger charge is 2.17. The third-order valence-electron chi connectivity index (χ3n) is 5.36. The van der Waals surface area contributed by atoms with E-state index in [2.05, 4.69) is 37.9 Å². The van der Waals surface area contributed by atoms with Crippen molar-refractivity contribution >= 4 is 32.7 Å². The average Bonchev–Trinajstić information content (AvgIpc) is 3.19. The second kappa shape index (κ2) is 10.6. The second-order valence-corrected chi connectivity index (χ2v) is 9.10. The first-order valence-corrected chi connectivity index (χ1v) is 11.6. The van der Waals surface area contributed by atoms with Crippen LogP contribution in [0.2, 0.25) is 0 Å². The van der Waals surface area contributed by atoms with E-state index in [1.807, 2.05) is 62.7 Å². The van der Waals surface area contributed by atoms with E-state index >= 15 is 0 Å². The van der Waals surface area contributed by atoms with Crippen LogP contribution >= 0.6 is 15.9 Å². The van der Waals surface area contributed by atoms with E-state index in [1.165, 1.54) is 0 Å². The molecule has 3 rings (SSSR count). The lowest BCUT2D eigenvalue weighted by Crippen LogP contribution is -2.28. The normalized spacial score (nSPS) is 12.1. The summed E-state index contributed by atoms with van der Waals surface area (Å²) in [5, 5.41) is 8.14. The fourth-order valence-electron chi connectivity index (χ4n) is 3.75. The predicted octanol–water partition coefficient (Wildman–Crippen LogP) is 5.54. The van der Waals surface area contributed by atoms with Crippen molar-refractivity contribution in [2.45, 2.75) is 46.7 Å². The van der Waals surface area contributed by atoms with Crippen LogP contribution in [0.3, 0.4) is 0 Å². The number of benzene rings is 1. The van der Waals surface area contributed by atoms with Gasteiger partial charge in [-0.2, -0.15) is 5.10 Å². The van der Waals surface area contributed by atoms with Gasteiger partial charge < -0.3 is 10.3 Å². The number of nitrogens with one attached hydrogen (secondary N) is 2. The van der Waals surface area contributed by atoms with Crippen molar-refractivity contribution in [2.24, 2.45) is 0 Å². The minimum Gasteiger partial charge on any atom is -0.348 e. The van der Waals surface area contributed by atoms with Crippen molar-refractivity contribution in [1.29, 1.82) is 0 Å². The van der Waals surface area contributed by atoms with Crippen molar-refractivity contribution in [3.8, 4) is 0 Å². The Hall–Kier alpha value is -3.19. The Morgan fingerprint density at radius 1 is 1.33 bits per heavy atom. The molecule has 0 bridgehead atoms. The minimum atomic E-state index is -0.260. The Morgan fingerprint density at radius 3 is 2.76 bits per heavy atom. The molecule has 3 aromatic rings. The van der Waals surface area contributed by atoms with Crippen LogP contribution in [0.15, 0.2) is 70.1 Å². The number of hydrogen-bond donors (Lipinski definition) is 2. The summed E-state index contributed by atoms with van der Waals surface area (Å²) in [7, 11) is 0. The highest BCUT2D eigenvalue weighted by atomic mass is 79.9. The largest absolute Gasteiger partial charge is 0.348 e. The van der Waals surface area contributed by atoms with Gasteiger partial charge in [-0.15, -0.1) is 0 Å². The number of aryl methyl sites for hydroxylation is 1. The Morgan fingerprint density at radius 2 is 2.09 bits per heavy atom. The monoisotopic (exact) mass is 508 g/mol. The third-order valence-corrected chi connectivity index (χ3v) is 5.82. The van der Waals surface area contributed by atoms with E-state index in [9.17, 15) is 9.59 Å². The van der Waals surface area contributed by atoms with Gasteiger partial charge in [0.25, 0.3) is 11.5 Å². The maximum atomic E-state index is 13.2. The van der Waals surface area contributed by atoms with Crippen LogP contribution < -0.4 is 10.9 Å². The molecule has 0 radical (unpaired) electrons. The zero-order valence-electron chi connectivity index (χ0n) is 19.4. The molecule has 6 nitrogen and oxygen atoms in total. The SMILES string of the molecule is C=C/C(=C\C=C/C)Cc1cc(C)[nH]c(=O)c1CNC(=O)c1cc(Br)cc2c1cnn2C(C)C. The van der Waals surface area contributed by atoms with Gasteiger partial charge in [-0.25, -0.2) is 0 Å². The number of halogens is 1. The van der Waals surface area contributed by atoms with Crippen molar-refractivity contribution in [3.05, 3.63) is 98.1 Å². The van der Waals surface area contributed by atoms with Crippen LogP contribution in [0.25, 0.3) is 10.9 Å². The van der Waals surface area contributed by atoms with E-state index in [0.29, 0.717) is 17.5 Å². The lowest BCUT2D eigenvalue weighted by molar-refractivity contribution is 0.0952. The Kier molecular flexibility index (Phi) is 7.87. The van der Waals surface area contributed by atoms with Gasteiger partial charge in [0.2, 0.25) is 0 Å². The van der Waals surface area contributed by atoms with Gasteiger partial charge in [0.05, 0.1) is 17.3 Å². The average molecular weight is 509 g/mol. The quantitative estimate of drug-likeness (QED) is 0.392. The first-order valence-electron chi connectivity index (χ1n) is 10.9. The zero-order chi connectivity index (χ0) is 24.1. The van der Waals surface area contributed by atoms with Crippen LogP contribution in [0.4, 0.5) is 0 Å². The van der Waals surface area contributed by atoms with E-state index in [1.54, 1.807) is 18.3 Å². The smallest absolute Gasteiger partial charge is 0.253 e. The Balaban J connectivity index is 1.92. The van der Waals surface area contributed by atoms with E-state index in [0.717, 1.165) is 32.2 Å². The number of amides is 1. The van der Waals surface area contributed by atoms with Gasteiger partial charge in [-0.3, -0.25) is 14.3 Å². The van der Waals surface area contributed by atoms with E-state index in [4.69, 9.17) is 0 Å². The van der Waals surface area contributed by atoms with Crippen molar-refractivity contribution in [3.63, 3.8) is 0 Å². The highest BCUT2D eigenvalue weighted by molar-refractivity contribution is 9.10. The zero-order valence-corrected chi connectivity index (χ0v) is 21.0. The molecule has 0 spiro atoms. The summed E-state index contributed by atoms with van der Waals surface area (Å²) < 4.78 is 2.68. The lowest BCUT2D eigenvalue weighted by Gasteiger charge is -2.13. The molecular formula is C26H29BrN4O2. The first kappa shape index (κ1) is 24.5. The summed E-state index contributed by atoms with van der Waals surface area (Å²) in [5.41, 5.74) is 4.34. The summed E-state index contributed by atoms with van der Waals surface area (Å²) in [5.74, 6) is -0.260. The maximum Gasteiger partial charge on any atom is 0.253 e. The molecule has 0 aliphatic rings. The molecule has 0 saturated carbocycles. The predicted molar refractivity (Wildman–Crippen MR) is 138 cm³/mol. The molecule has 33 heavy (non-hydrogen) atoms. The number of aromatic nitrogens is 3. The summed E-state index contributed by atoms with van der Waals surface area (Å²) in [6, 6.07) is 5.84. The Bertz CT molecular complexity index is 1310. The molecule has 7 heteroatoms. The number of carbonyl (C=O) groups is 1. The van der Waals surface area contributed by atoms with E-state index in [-0.39, 0.29) is 24.1 Å². The van der Waals surface area contributed by atoms with Crippen molar-refractivity contribution < 1.29 is 4.79 Å². The molecule has 1 amide bonds. The summed E-state index contributed by atoms with van der Waals surface area (Å²) in [6.45, 7) is 11.9. The topological polar surface area (TPSA) is 79.8 Å². The van der Waals surface area contributed by atoms with Crippen LogP contribution in [-0.4, -0.2) is 20.7 Å². The highest BCUT2D eigenvalue weighted by Crippen LogP contribution is 2.26. The van der Waals surface area contributed by atoms with Gasteiger partial charge >= 0.3 is 0 Å². The number of carbonyl (C=O) groups excluding carboxylic acids is 1. The number of hydrogen-bond acceptors (Lipinski definition) is 3. The number of H-pyrrole nitrogens is 1. The van der Waals surface area contributed by atoms with Gasteiger partial charge in [-0.1, -0.05) is 46.8 Å². The van der Waals surface area contributed by atoms with E-state index < -0.39 is 0 Å². The molecule has 0 saturated heterocycles. The van der Waals surface area contributed by atoms with Crippen LogP contribution in [0.1, 0.15) is 54.0 Å². The summed E-state index contributed by atoms with van der Waals surface area (Å²) in [6.07, 6.45) is 9.89. The van der Waals surface area contributed by atoms with Gasteiger partial charge in [0.1, 0.15) is 0 Å². The fourth-order valence-corrected chi connectivity index (χ4v) is 4.20. The molecule has 172 valence electrons. The van der Waals surface area contributed by atoms with Crippen LogP contribution in [0, 0.1) is 6.92 Å². The molecule has 2 aromatic heterocycles. The summed E-state index contributed by atoms with van der Waals surface area (Å²) in [4.78, 5) is 28.8. The number of aromatic amines is 1. The van der Waals surface area contributed by atoms with Crippen LogP contribution in [0.5, 0.6) is 0 Å². The fraction of sp³-hybridized carbons (Fsp3) is 0.269. The number of nitrogens with zero attached hydrogens (tertiary/aromatic N) is 2. The lowest BCUT2D eigenvalue weighted by atomic mass is 9.99. The number of allylic oxidation sites excluding steroid dienone is 5. The number of fused-ring (bicyclic) bond motifs is 1.